The van der Waals surface area contributed by atoms with Gasteiger partial charge >= 0.3 is 0 Å². The molecule has 1 aliphatic rings. The van der Waals surface area contributed by atoms with Crippen molar-refractivity contribution in [3.63, 3.8) is 0 Å². The second-order valence-electron chi connectivity index (χ2n) is 3.52. The molecule has 2 N–H and O–H groups in total. The molecule has 1 unspecified atom stereocenters. The molecule has 0 saturated carbocycles. The number of nitrogen functional groups attached to an aromatic ring is 1. The summed E-state index contributed by atoms with van der Waals surface area (Å²) in [4.78, 5) is 0. The third kappa shape index (κ3) is 2.39. The molecule has 2 rings (SSSR count). The monoisotopic (exact) mass is 193 g/mol. The van der Waals surface area contributed by atoms with Crippen LogP contribution < -0.4 is 10.5 Å². The van der Waals surface area contributed by atoms with Gasteiger partial charge < -0.3 is 15.2 Å². The number of hydrogen-bond acceptors (Lipinski definition) is 3. The van der Waals surface area contributed by atoms with E-state index >= 15 is 0 Å². The number of benzene rings is 1. The highest BCUT2D eigenvalue weighted by atomic mass is 16.5. The largest absolute Gasteiger partial charge is 0.491 e. The van der Waals surface area contributed by atoms with E-state index in [4.69, 9.17) is 15.2 Å². The number of rotatable bonds is 3. The molecule has 14 heavy (non-hydrogen) atoms. The van der Waals surface area contributed by atoms with Crippen molar-refractivity contribution in [1.29, 1.82) is 0 Å². The van der Waals surface area contributed by atoms with E-state index in [0.717, 1.165) is 30.9 Å². The van der Waals surface area contributed by atoms with E-state index in [1.807, 2.05) is 24.3 Å². The van der Waals surface area contributed by atoms with Gasteiger partial charge in [-0.25, -0.2) is 0 Å². The molecule has 0 spiro atoms. The lowest BCUT2D eigenvalue weighted by Gasteiger charge is -2.11. The zero-order valence-corrected chi connectivity index (χ0v) is 8.11. The summed E-state index contributed by atoms with van der Waals surface area (Å²) in [6.07, 6.45) is 2.53. The lowest BCUT2D eigenvalue weighted by atomic mass is 10.2. The molecule has 1 atom stereocenters. The highest BCUT2D eigenvalue weighted by Crippen LogP contribution is 2.16. The number of anilines is 1. The van der Waals surface area contributed by atoms with Crippen LogP contribution in [0, 0.1) is 0 Å². The van der Waals surface area contributed by atoms with Crippen LogP contribution in [0.3, 0.4) is 0 Å². The molecule has 0 radical (unpaired) electrons. The molecule has 1 aromatic carbocycles. The highest BCUT2D eigenvalue weighted by molar-refractivity contribution is 5.41. The van der Waals surface area contributed by atoms with Crippen LogP contribution in [0.2, 0.25) is 0 Å². The SMILES string of the molecule is Nc1ccc(OCC2CCCO2)cc1. The number of hydrogen-bond donors (Lipinski definition) is 1. The summed E-state index contributed by atoms with van der Waals surface area (Å²) in [6.45, 7) is 1.51. The normalized spacial score (nSPS) is 21.0. The lowest BCUT2D eigenvalue weighted by molar-refractivity contribution is 0.0679. The predicted molar refractivity (Wildman–Crippen MR) is 55.3 cm³/mol. The Morgan fingerprint density at radius 1 is 1.36 bits per heavy atom. The minimum atomic E-state index is 0.271. The van der Waals surface area contributed by atoms with Crippen molar-refractivity contribution in [1.82, 2.24) is 0 Å². The van der Waals surface area contributed by atoms with Crippen LogP contribution in [-0.2, 0) is 4.74 Å². The Labute approximate surface area is 83.8 Å². The summed E-state index contributed by atoms with van der Waals surface area (Å²) in [5.41, 5.74) is 6.32. The minimum absolute atomic E-state index is 0.271. The standard InChI is InChI=1S/C11H15NO2/c12-9-3-5-10(6-4-9)14-8-11-2-1-7-13-11/h3-6,11H,1-2,7-8,12H2. The van der Waals surface area contributed by atoms with E-state index in [-0.39, 0.29) is 6.10 Å². The van der Waals surface area contributed by atoms with E-state index in [9.17, 15) is 0 Å². The van der Waals surface area contributed by atoms with Crippen LogP contribution >= 0.6 is 0 Å². The van der Waals surface area contributed by atoms with E-state index in [0.29, 0.717) is 6.61 Å². The van der Waals surface area contributed by atoms with Crippen molar-refractivity contribution < 1.29 is 9.47 Å². The fourth-order valence-corrected chi connectivity index (χ4v) is 1.53. The van der Waals surface area contributed by atoms with Crippen molar-refractivity contribution in [3.05, 3.63) is 24.3 Å². The Morgan fingerprint density at radius 2 is 2.14 bits per heavy atom. The molecular formula is C11H15NO2. The molecule has 1 fully saturated rings. The van der Waals surface area contributed by atoms with Gasteiger partial charge in [0.05, 0.1) is 6.10 Å². The molecule has 1 saturated heterocycles. The summed E-state index contributed by atoms with van der Waals surface area (Å²) < 4.78 is 11.0. The number of ether oxygens (including phenoxy) is 2. The first-order chi connectivity index (χ1) is 6.84. The Balaban J connectivity index is 1.82. The van der Waals surface area contributed by atoms with Gasteiger partial charge in [-0.2, -0.15) is 0 Å². The van der Waals surface area contributed by atoms with E-state index in [2.05, 4.69) is 0 Å². The fourth-order valence-electron chi connectivity index (χ4n) is 1.53. The quantitative estimate of drug-likeness (QED) is 0.745. The molecule has 0 amide bonds. The minimum Gasteiger partial charge on any atom is -0.491 e. The van der Waals surface area contributed by atoms with Gasteiger partial charge in [0.1, 0.15) is 12.4 Å². The fraction of sp³-hybridized carbons (Fsp3) is 0.455. The summed E-state index contributed by atoms with van der Waals surface area (Å²) in [5, 5.41) is 0. The molecular weight excluding hydrogens is 178 g/mol. The van der Waals surface area contributed by atoms with Crippen LogP contribution in [-0.4, -0.2) is 19.3 Å². The van der Waals surface area contributed by atoms with Crippen molar-refractivity contribution in [2.24, 2.45) is 0 Å². The van der Waals surface area contributed by atoms with Crippen LogP contribution in [0.25, 0.3) is 0 Å². The average Bonchev–Trinajstić information content (AvgIpc) is 2.70. The Hall–Kier alpha value is -1.22. The van der Waals surface area contributed by atoms with Gasteiger partial charge in [-0.15, -0.1) is 0 Å². The van der Waals surface area contributed by atoms with E-state index in [1.54, 1.807) is 0 Å². The molecule has 1 heterocycles. The van der Waals surface area contributed by atoms with Crippen molar-refractivity contribution in [2.75, 3.05) is 18.9 Å². The molecule has 1 aliphatic heterocycles. The Kier molecular flexibility index (Phi) is 2.89. The second kappa shape index (κ2) is 4.33. The first-order valence-electron chi connectivity index (χ1n) is 4.94. The van der Waals surface area contributed by atoms with Gasteiger partial charge in [-0.1, -0.05) is 0 Å². The van der Waals surface area contributed by atoms with Gasteiger partial charge in [0.2, 0.25) is 0 Å². The first-order valence-corrected chi connectivity index (χ1v) is 4.94. The lowest BCUT2D eigenvalue weighted by Crippen LogP contribution is -2.16. The topological polar surface area (TPSA) is 44.5 Å². The van der Waals surface area contributed by atoms with E-state index in [1.165, 1.54) is 0 Å². The molecule has 3 heteroatoms. The van der Waals surface area contributed by atoms with Crippen molar-refractivity contribution >= 4 is 5.69 Å². The third-order valence-corrected chi connectivity index (χ3v) is 2.34. The van der Waals surface area contributed by atoms with E-state index < -0.39 is 0 Å². The third-order valence-electron chi connectivity index (χ3n) is 2.34. The molecule has 3 nitrogen and oxygen atoms in total. The smallest absolute Gasteiger partial charge is 0.119 e. The van der Waals surface area contributed by atoms with Gasteiger partial charge in [0.15, 0.2) is 0 Å². The van der Waals surface area contributed by atoms with Crippen molar-refractivity contribution in [2.45, 2.75) is 18.9 Å². The van der Waals surface area contributed by atoms with Gasteiger partial charge in [0, 0.05) is 12.3 Å². The second-order valence-corrected chi connectivity index (χ2v) is 3.52. The van der Waals surface area contributed by atoms with Gasteiger partial charge in [-0.05, 0) is 37.1 Å². The zero-order chi connectivity index (χ0) is 9.80. The number of nitrogens with two attached hydrogens (primary N) is 1. The Morgan fingerprint density at radius 3 is 2.79 bits per heavy atom. The molecule has 0 aliphatic carbocycles. The first kappa shape index (κ1) is 9.34. The molecule has 76 valence electrons. The van der Waals surface area contributed by atoms with Crippen LogP contribution in [0.1, 0.15) is 12.8 Å². The van der Waals surface area contributed by atoms with Crippen molar-refractivity contribution in [3.8, 4) is 5.75 Å². The summed E-state index contributed by atoms with van der Waals surface area (Å²) in [7, 11) is 0. The predicted octanol–water partition coefficient (Wildman–Crippen LogP) is 1.83. The van der Waals surface area contributed by atoms with Gasteiger partial charge in [-0.3, -0.25) is 0 Å². The maximum atomic E-state index is 5.56. The van der Waals surface area contributed by atoms with Crippen LogP contribution in [0.15, 0.2) is 24.3 Å². The molecule has 1 aromatic rings. The molecule has 0 aromatic heterocycles. The van der Waals surface area contributed by atoms with Crippen LogP contribution in [0.4, 0.5) is 5.69 Å². The van der Waals surface area contributed by atoms with Gasteiger partial charge in [0.25, 0.3) is 0 Å². The summed E-state index contributed by atoms with van der Waals surface area (Å²) >= 11 is 0. The Bertz CT molecular complexity index is 278. The maximum Gasteiger partial charge on any atom is 0.119 e. The highest BCUT2D eigenvalue weighted by Gasteiger charge is 2.15. The maximum absolute atomic E-state index is 5.56. The average molecular weight is 193 g/mol. The summed E-state index contributed by atoms with van der Waals surface area (Å²) in [5.74, 6) is 0.856. The zero-order valence-electron chi connectivity index (χ0n) is 8.11. The summed E-state index contributed by atoms with van der Waals surface area (Å²) in [6, 6.07) is 7.43. The van der Waals surface area contributed by atoms with Crippen LogP contribution in [0.5, 0.6) is 5.75 Å². The molecule has 0 bridgehead atoms.